The van der Waals surface area contributed by atoms with Crippen molar-refractivity contribution in [2.75, 3.05) is 41.3 Å². The molecule has 0 unspecified atom stereocenters. The van der Waals surface area contributed by atoms with Crippen LogP contribution in [-0.2, 0) is 4.79 Å². The molecule has 200 valence electrons. The zero-order valence-electron chi connectivity index (χ0n) is 21.6. The molecule has 0 bridgehead atoms. The van der Waals surface area contributed by atoms with E-state index in [-0.39, 0.29) is 17.9 Å². The summed E-state index contributed by atoms with van der Waals surface area (Å²) in [6.45, 7) is 8.09. The predicted octanol–water partition coefficient (Wildman–Crippen LogP) is 3.09. The highest BCUT2D eigenvalue weighted by Gasteiger charge is 2.25. The van der Waals surface area contributed by atoms with Crippen molar-refractivity contribution < 1.29 is 14.7 Å². The molecule has 0 aromatic carbocycles. The lowest BCUT2D eigenvalue weighted by atomic mass is 9.94. The van der Waals surface area contributed by atoms with Crippen LogP contribution in [0.5, 0.6) is 0 Å². The number of amides is 1. The first-order chi connectivity index (χ1) is 18.4. The van der Waals surface area contributed by atoms with Crippen molar-refractivity contribution >= 4 is 41.9 Å². The Labute approximate surface area is 221 Å². The first-order valence-electron chi connectivity index (χ1n) is 12.8. The summed E-state index contributed by atoms with van der Waals surface area (Å²) in [6.07, 6.45) is 5.87. The number of carboxylic acids is 1. The Kier molecular flexibility index (Phi) is 8.68. The van der Waals surface area contributed by atoms with Crippen molar-refractivity contribution in [2.45, 2.75) is 45.4 Å². The molecule has 1 amide bonds. The first kappa shape index (κ1) is 26.8. The Balaban J connectivity index is 1.51. The molecule has 2 aliphatic rings. The van der Waals surface area contributed by atoms with E-state index in [4.69, 9.17) is 15.4 Å². The highest BCUT2D eigenvalue weighted by atomic mass is 16.4. The van der Waals surface area contributed by atoms with Gasteiger partial charge in [0.2, 0.25) is 5.95 Å². The van der Waals surface area contributed by atoms with Crippen molar-refractivity contribution in [1.29, 1.82) is 5.26 Å². The average molecular weight is 520 g/mol. The number of carbonyl (C=O) groups excluding carboxylic acids is 1. The summed E-state index contributed by atoms with van der Waals surface area (Å²) in [5, 5.41) is 24.8. The molecule has 2 aromatic heterocycles. The third kappa shape index (κ3) is 6.53. The summed E-state index contributed by atoms with van der Waals surface area (Å²) in [6, 6.07) is 6.04. The molecule has 12 heteroatoms. The zero-order chi connectivity index (χ0) is 27.1. The minimum atomic E-state index is -0.750. The van der Waals surface area contributed by atoms with Gasteiger partial charge < -0.3 is 20.2 Å². The van der Waals surface area contributed by atoms with Crippen LogP contribution >= 0.6 is 0 Å². The highest BCUT2D eigenvalue weighted by Crippen LogP contribution is 2.29. The molecule has 2 aromatic rings. The van der Waals surface area contributed by atoms with Crippen molar-refractivity contribution in [3.63, 3.8) is 0 Å². The SMILES string of the molecule is C=NNC(=O)c1c(C)nc(N2CCC(CC#N)CC2)nc1Nc1ccc(N2CCC(CC(=O)O)CC2)nc1. The molecule has 2 fully saturated rings. The van der Waals surface area contributed by atoms with E-state index in [2.05, 4.69) is 48.4 Å². The predicted molar refractivity (Wildman–Crippen MR) is 144 cm³/mol. The molecular formula is C26H33N9O3. The van der Waals surface area contributed by atoms with Crippen LogP contribution in [0.15, 0.2) is 23.4 Å². The molecule has 0 radical (unpaired) electrons. The Morgan fingerprint density at radius 3 is 2.42 bits per heavy atom. The molecular weight excluding hydrogens is 486 g/mol. The second-order valence-electron chi connectivity index (χ2n) is 9.78. The van der Waals surface area contributed by atoms with Gasteiger partial charge in [0.1, 0.15) is 17.2 Å². The van der Waals surface area contributed by atoms with E-state index < -0.39 is 11.9 Å². The van der Waals surface area contributed by atoms with E-state index in [1.807, 2.05) is 12.1 Å². The number of nitrogens with zero attached hydrogens (tertiary/aromatic N) is 7. The number of rotatable bonds is 9. The summed E-state index contributed by atoms with van der Waals surface area (Å²) in [7, 11) is 0. The smallest absolute Gasteiger partial charge is 0.303 e. The zero-order valence-corrected chi connectivity index (χ0v) is 21.6. The number of anilines is 4. The number of pyridine rings is 1. The monoisotopic (exact) mass is 519 g/mol. The maximum atomic E-state index is 12.8. The molecule has 0 aliphatic carbocycles. The lowest BCUT2D eigenvalue weighted by molar-refractivity contribution is -0.138. The van der Waals surface area contributed by atoms with Crippen LogP contribution in [0, 0.1) is 30.1 Å². The lowest BCUT2D eigenvalue weighted by Crippen LogP contribution is -2.35. The molecule has 0 spiro atoms. The fourth-order valence-corrected chi connectivity index (χ4v) is 5.05. The molecule has 4 rings (SSSR count). The Morgan fingerprint density at radius 2 is 1.82 bits per heavy atom. The van der Waals surface area contributed by atoms with E-state index in [0.717, 1.165) is 57.7 Å². The normalized spacial score (nSPS) is 16.5. The van der Waals surface area contributed by atoms with Gasteiger partial charge in [-0.05, 0) is 56.6 Å². The molecule has 2 saturated heterocycles. The van der Waals surface area contributed by atoms with Gasteiger partial charge in [0.15, 0.2) is 0 Å². The van der Waals surface area contributed by atoms with Crippen LogP contribution in [-0.4, -0.2) is 64.8 Å². The number of hydrogen-bond acceptors (Lipinski definition) is 10. The highest BCUT2D eigenvalue weighted by molar-refractivity contribution is 6.00. The van der Waals surface area contributed by atoms with Crippen molar-refractivity contribution in [3.8, 4) is 6.07 Å². The fraction of sp³-hybridized carbons (Fsp3) is 0.500. The number of hydrogen-bond donors (Lipinski definition) is 3. The van der Waals surface area contributed by atoms with E-state index in [1.165, 1.54) is 0 Å². The maximum Gasteiger partial charge on any atom is 0.303 e. The van der Waals surface area contributed by atoms with Gasteiger partial charge in [-0.1, -0.05) is 0 Å². The second-order valence-corrected chi connectivity index (χ2v) is 9.78. The van der Waals surface area contributed by atoms with E-state index in [0.29, 0.717) is 35.5 Å². The average Bonchev–Trinajstić information content (AvgIpc) is 2.90. The Hall–Kier alpha value is -4.27. The van der Waals surface area contributed by atoms with Crippen molar-refractivity contribution in [2.24, 2.45) is 16.9 Å². The largest absolute Gasteiger partial charge is 0.481 e. The summed E-state index contributed by atoms with van der Waals surface area (Å²) in [5.74, 6) is 1.05. The third-order valence-electron chi connectivity index (χ3n) is 7.18. The molecule has 0 atom stereocenters. The van der Waals surface area contributed by atoms with Gasteiger partial charge in [0, 0.05) is 45.7 Å². The standard InChI is InChI=1S/C26H33N9O3/c1-17-23(25(38)33-28-2)24(32-26(30-17)35-13-6-18(5-10-27)7-14-35)31-20-3-4-21(29-16-20)34-11-8-19(9-12-34)15-22(36)37/h3-4,16,18-19H,2,5-9,11-15H2,1H3,(H,33,38)(H,36,37)(H,30,31,32). The van der Waals surface area contributed by atoms with Crippen molar-refractivity contribution in [1.82, 2.24) is 20.4 Å². The summed E-state index contributed by atoms with van der Waals surface area (Å²) in [5.41, 5.74) is 3.80. The summed E-state index contributed by atoms with van der Waals surface area (Å²) >= 11 is 0. The van der Waals surface area contributed by atoms with Gasteiger partial charge in [-0.25, -0.2) is 15.4 Å². The lowest BCUT2D eigenvalue weighted by Gasteiger charge is -2.32. The van der Waals surface area contributed by atoms with Gasteiger partial charge in [-0.15, -0.1) is 0 Å². The number of carboxylic acid groups (broad SMARTS) is 1. The molecule has 2 aliphatic heterocycles. The van der Waals surface area contributed by atoms with E-state index in [1.54, 1.807) is 13.1 Å². The van der Waals surface area contributed by atoms with Crippen LogP contribution in [0.1, 0.15) is 54.6 Å². The Morgan fingerprint density at radius 1 is 1.13 bits per heavy atom. The topological polar surface area (TPSA) is 160 Å². The number of carbonyl (C=O) groups is 2. The van der Waals surface area contributed by atoms with Crippen LogP contribution in [0.25, 0.3) is 0 Å². The van der Waals surface area contributed by atoms with Crippen LogP contribution in [0.3, 0.4) is 0 Å². The van der Waals surface area contributed by atoms with Crippen molar-refractivity contribution in [3.05, 3.63) is 29.6 Å². The number of aryl methyl sites for hydroxylation is 1. The quantitative estimate of drug-likeness (QED) is 0.332. The third-order valence-corrected chi connectivity index (χ3v) is 7.18. The minimum Gasteiger partial charge on any atom is -0.481 e. The number of hydrazone groups is 1. The van der Waals surface area contributed by atoms with Crippen LogP contribution < -0.4 is 20.5 Å². The number of nitriles is 1. The van der Waals surface area contributed by atoms with Crippen LogP contribution in [0.4, 0.5) is 23.3 Å². The summed E-state index contributed by atoms with van der Waals surface area (Å²) < 4.78 is 0. The van der Waals surface area contributed by atoms with Crippen LogP contribution in [0.2, 0.25) is 0 Å². The van der Waals surface area contributed by atoms with Gasteiger partial charge in [-0.2, -0.15) is 15.3 Å². The minimum absolute atomic E-state index is 0.201. The number of aliphatic carboxylic acids is 1. The molecule has 12 nitrogen and oxygen atoms in total. The molecule has 3 N–H and O–H groups in total. The van der Waals surface area contributed by atoms with Gasteiger partial charge in [0.25, 0.3) is 5.91 Å². The van der Waals surface area contributed by atoms with E-state index >= 15 is 0 Å². The number of piperidine rings is 2. The maximum absolute atomic E-state index is 12.8. The summed E-state index contributed by atoms with van der Waals surface area (Å²) in [4.78, 5) is 41.9. The van der Waals surface area contributed by atoms with Gasteiger partial charge in [0.05, 0.1) is 23.6 Å². The fourth-order valence-electron chi connectivity index (χ4n) is 5.05. The van der Waals surface area contributed by atoms with E-state index in [9.17, 15) is 9.59 Å². The number of aromatic nitrogens is 3. The molecule has 4 heterocycles. The van der Waals surface area contributed by atoms with Gasteiger partial charge >= 0.3 is 5.97 Å². The van der Waals surface area contributed by atoms with Gasteiger partial charge in [-0.3, -0.25) is 9.59 Å². The number of nitrogens with one attached hydrogen (secondary N) is 2. The first-order valence-corrected chi connectivity index (χ1v) is 12.8. The Bertz CT molecular complexity index is 1200. The molecule has 0 saturated carbocycles. The second kappa shape index (κ2) is 12.3. The molecule has 38 heavy (non-hydrogen) atoms.